The summed E-state index contributed by atoms with van der Waals surface area (Å²) in [7, 11) is 1.74. The zero-order chi connectivity index (χ0) is 24.1. The van der Waals surface area contributed by atoms with Gasteiger partial charge in [0.25, 0.3) is 0 Å². The van der Waals surface area contributed by atoms with Crippen molar-refractivity contribution in [2.75, 3.05) is 30.8 Å². The first-order chi connectivity index (χ1) is 16.4. The second-order valence-electron chi connectivity index (χ2n) is 9.24. The number of nitrogens with zero attached hydrogens (tertiary/aromatic N) is 4. The fourth-order valence-electron chi connectivity index (χ4n) is 4.19. The minimum atomic E-state index is -0.254. The number of allylic oxidation sites excluding steroid dienone is 2. The van der Waals surface area contributed by atoms with Gasteiger partial charge >= 0.3 is 0 Å². The van der Waals surface area contributed by atoms with Crippen LogP contribution in [0.15, 0.2) is 51.1 Å². The third-order valence-corrected chi connectivity index (χ3v) is 7.77. The molecule has 4 N–H and O–H groups in total. The topological polar surface area (TPSA) is 91.5 Å². The number of aliphatic imine (C=N–C) groups is 1. The highest BCUT2D eigenvalue weighted by Gasteiger charge is 2.26. The highest BCUT2D eigenvalue weighted by atomic mass is 32.2. The van der Waals surface area contributed by atoms with Gasteiger partial charge in [-0.05, 0) is 50.1 Å². The molecule has 0 amide bonds. The van der Waals surface area contributed by atoms with Gasteiger partial charge in [-0.1, -0.05) is 26.0 Å². The van der Waals surface area contributed by atoms with Gasteiger partial charge in [-0.25, -0.2) is 4.98 Å². The summed E-state index contributed by atoms with van der Waals surface area (Å²) in [6.45, 7) is 8.73. The number of hydrogen-bond acceptors (Lipinski definition) is 9. The second kappa shape index (κ2) is 10.8. The molecule has 0 spiro atoms. The zero-order valence-corrected chi connectivity index (χ0v) is 22.1. The molecule has 1 fully saturated rings. The Balaban J connectivity index is 1.56. The minimum absolute atomic E-state index is 0.254. The Bertz CT molecular complexity index is 1130. The predicted molar refractivity (Wildman–Crippen MR) is 149 cm³/mol. The van der Waals surface area contributed by atoms with Crippen LogP contribution in [0.4, 0.5) is 11.8 Å². The predicted octanol–water partition coefficient (Wildman–Crippen LogP) is 5.57. The van der Waals surface area contributed by atoms with Crippen LogP contribution in [0.1, 0.15) is 46.5 Å². The summed E-state index contributed by atoms with van der Waals surface area (Å²) in [5.41, 5.74) is 9.10. The van der Waals surface area contributed by atoms with Gasteiger partial charge in [-0.2, -0.15) is 4.98 Å². The van der Waals surface area contributed by atoms with Gasteiger partial charge in [0.15, 0.2) is 5.82 Å². The second-order valence-corrected chi connectivity index (χ2v) is 11.8. The molecule has 34 heavy (non-hydrogen) atoms. The van der Waals surface area contributed by atoms with Crippen LogP contribution in [0.3, 0.4) is 0 Å². The van der Waals surface area contributed by atoms with Crippen LogP contribution in [0, 0.1) is 0 Å². The molecule has 0 aromatic carbocycles. The molecule has 0 saturated carbocycles. The Morgan fingerprint density at radius 3 is 2.76 bits per heavy atom. The summed E-state index contributed by atoms with van der Waals surface area (Å²) in [5, 5.41) is 10.1. The van der Waals surface area contributed by atoms with E-state index in [1.54, 1.807) is 36.4 Å². The number of piperidine rings is 1. The van der Waals surface area contributed by atoms with Crippen LogP contribution in [0.5, 0.6) is 0 Å². The summed E-state index contributed by atoms with van der Waals surface area (Å²) < 4.78 is 0.992. The maximum Gasteiger partial charge on any atom is 0.225 e. The molecule has 2 aromatic rings. The quantitative estimate of drug-likeness (QED) is 0.410. The van der Waals surface area contributed by atoms with E-state index in [1.807, 2.05) is 11.4 Å². The minimum Gasteiger partial charge on any atom is -0.392 e. The molecule has 2 aliphatic rings. The Kier molecular flexibility index (Phi) is 7.83. The third-order valence-electron chi connectivity index (χ3n) is 5.92. The van der Waals surface area contributed by atoms with Crippen LogP contribution >= 0.6 is 23.1 Å². The van der Waals surface area contributed by atoms with Crippen molar-refractivity contribution in [1.82, 2.24) is 14.9 Å². The number of likely N-dealkylation sites (tertiary alicyclic amines) is 1. The van der Waals surface area contributed by atoms with E-state index in [9.17, 15) is 0 Å². The van der Waals surface area contributed by atoms with Crippen LogP contribution in [-0.2, 0) is 0 Å². The molecular formula is C25H35N7S2. The van der Waals surface area contributed by atoms with Crippen molar-refractivity contribution in [1.29, 1.82) is 0 Å². The molecule has 0 radical (unpaired) electrons. The van der Waals surface area contributed by atoms with Crippen LogP contribution in [0.25, 0.3) is 10.2 Å². The van der Waals surface area contributed by atoms with Crippen molar-refractivity contribution in [2.24, 2.45) is 10.7 Å². The fourth-order valence-corrected chi connectivity index (χ4v) is 5.71. The number of anilines is 2. The number of fused-ring (bicyclic) bond motifs is 1. The number of thiophene rings is 1. The summed E-state index contributed by atoms with van der Waals surface area (Å²) in [6, 6.07) is 2.02. The summed E-state index contributed by atoms with van der Waals surface area (Å²) in [6.07, 6.45) is 13.4. The number of rotatable bonds is 8. The standard InChI is InChI=1S/C25H35N7S2/c1-17(2)34-22(26)20(16-27-4)28-23-21-19(10-15-33-21)29-24(30-23)31-25(3)11-8-18(9-12-25)32-13-6-5-7-14-32/h8-11,15-17H,5-7,12-14,26H2,1-4H3,(H2,28,29,30,31). The van der Waals surface area contributed by atoms with Crippen molar-refractivity contribution in [3.63, 3.8) is 0 Å². The van der Waals surface area contributed by atoms with Gasteiger partial charge in [-0.3, -0.25) is 4.99 Å². The number of hydrogen-bond donors (Lipinski definition) is 3. The van der Waals surface area contributed by atoms with Gasteiger partial charge < -0.3 is 21.3 Å². The summed E-state index contributed by atoms with van der Waals surface area (Å²) >= 11 is 3.21. The monoisotopic (exact) mass is 497 g/mol. The van der Waals surface area contributed by atoms with Gasteiger partial charge in [0.05, 0.1) is 26.5 Å². The smallest absolute Gasteiger partial charge is 0.225 e. The van der Waals surface area contributed by atoms with Gasteiger partial charge in [0.1, 0.15) is 0 Å². The molecule has 1 aliphatic carbocycles. The number of aromatic nitrogens is 2. The van der Waals surface area contributed by atoms with Gasteiger partial charge in [0, 0.05) is 37.3 Å². The zero-order valence-electron chi connectivity index (χ0n) is 20.5. The SMILES string of the molecule is CN=CC(Nc1nc(NC2(C)C=CC(N3CCCCC3)=CC2)nc2ccsc12)=C(N)SC(C)C. The Morgan fingerprint density at radius 2 is 2.09 bits per heavy atom. The molecule has 2 aromatic heterocycles. The fraction of sp³-hybridized carbons (Fsp3) is 0.480. The molecule has 1 saturated heterocycles. The van der Waals surface area contributed by atoms with E-state index in [0.717, 1.165) is 41.2 Å². The lowest BCUT2D eigenvalue weighted by atomic mass is 9.92. The lowest BCUT2D eigenvalue weighted by Crippen LogP contribution is -2.36. The normalized spacial score (nSPS) is 21.8. The van der Waals surface area contributed by atoms with E-state index in [0.29, 0.717) is 16.2 Å². The molecule has 1 unspecified atom stereocenters. The molecule has 7 nitrogen and oxygen atoms in total. The Morgan fingerprint density at radius 1 is 1.29 bits per heavy atom. The van der Waals surface area contributed by atoms with Crippen molar-refractivity contribution in [2.45, 2.75) is 57.2 Å². The molecule has 9 heteroatoms. The van der Waals surface area contributed by atoms with E-state index in [-0.39, 0.29) is 5.54 Å². The lowest BCUT2D eigenvalue weighted by molar-refractivity contribution is 0.290. The summed E-state index contributed by atoms with van der Waals surface area (Å²) in [4.78, 5) is 16.3. The van der Waals surface area contributed by atoms with Gasteiger partial charge in [-0.15, -0.1) is 23.1 Å². The van der Waals surface area contributed by atoms with Crippen LogP contribution < -0.4 is 16.4 Å². The lowest BCUT2D eigenvalue weighted by Gasteiger charge is -2.35. The van der Waals surface area contributed by atoms with Crippen molar-refractivity contribution in [3.05, 3.63) is 46.1 Å². The largest absolute Gasteiger partial charge is 0.392 e. The van der Waals surface area contributed by atoms with Crippen molar-refractivity contribution < 1.29 is 0 Å². The number of thioether (sulfide) groups is 1. The number of nitrogens with two attached hydrogens (primary N) is 1. The third kappa shape index (κ3) is 5.93. The molecule has 182 valence electrons. The van der Waals surface area contributed by atoms with E-state index >= 15 is 0 Å². The van der Waals surface area contributed by atoms with E-state index in [4.69, 9.17) is 15.7 Å². The van der Waals surface area contributed by atoms with E-state index in [1.165, 1.54) is 25.0 Å². The van der Waals surface area contributed by atoms with E-state index in [2.05, 4.69) is 59.5 Å². The average molecular weight is 498 g/mol. The molecule has 1 aliphatic heterocycles. The Labute approximate surface area is 210 Å². The first-order valence-electron chi connectivity index (χ1n) is 11.9. The molecule has 0 bridgehead atoms. The van der Waals surface area contributed by atoms with Crippen molar-refractivity contribution >= 4 is 51.3 Å². The highest BCUT2D eigenvalue weighted by molar-refractivity contribution is 8.03. The van der Waals surface area contributed by atoms with Crippen molar-refractivity contribution in [3.8, 4) is 0 Å². The van der Waals surface area contributed by atoms with Crippen LogP contribution in [0.2, 0.25) is 0 Å². The molecule has 1 atom stereocenters. The molecule has 3 heterocycles. The average Bonchev–Trinajstić information content (AvgIpc) is 3.28. The first-order valence-corrected chi connectivity index (χ1v) is 13.7. The summed E-state index contributed by atoms with van der Waals surface area (Å²) in [5.74, 6) is 1.33. The highest BCUT2D eigenvalue weighted by Crippen LogP contribution is 2.32. The maximum absolute atomic E-state index is 6.37. The molecular weight excluding hydrogens is 462 g/mol. The van der Waals surface area contributed by atoms with Gasteiger partial charge in [0.2, 0.25) is 5.95 Å². The first kappa shape index (κ1) is 24.6. The molecule has 4 rings (SSSR count). The maximum atomic E-state index is 6.37. The van der Waals surface area contributed by atoms with E-state index < -0.39 is 0 Å². The number of nitrogens with one attached hydrogen (secondary N) is 2. The van der Waals surface area contributed by atoms with Crippen LogP contribution in [-0.4, -0.2) is 52.0 Å². The Hall–Kier alpha value is -2.52.